The number of ether oxygens (including phenoxy) is 2. The standard InChI is InChI=1S/C23H30N2O5/c1-23(2,3)30-22(27)24-20(21(26)25(4)28-5)15-17-11-13-19(14-12-17)29-16-18-9-7-6-8-10-18/h6-14,20H,15-16H2,1-5H3,(H,24,27)/t20-/m1/s1. The first-order valence-electron chi connectivity index (χ1n) is 9.75. The Kier molecular flexibility index (Phi) is 8.24. The molecule has 2 amide bonds. The number of hydrogen-bond acceptors (Lipinski definition) is 5. The Bertz CT molecular complexity index is 816. The lowest BCUT2D eigenvalue weighted by Gasteiger charge is -2.25. The fraction of sp³-hybridized carbons (Fsp3) is 0.391. The van der Waals surface area contributed by atoms with Crippen LogP contribution in [-0.4, -0.2) is 42.9 Å². The van der Waals surface area contributed by atoms with E-state index < -0.39 is 17.7 Å². The molecule has 162 valence electrons. The highest BCUT2D eigenvalue weighted by Gasteiger charge is 2.27. The van der Waals surface area contributed by atoms with Crippen molar-refractivity contribution in [1.29, 1.82) is 0 Å². The Morgan fingerprint density at radius 1 is 1.00 bits per heavy atom. The maximum atomic E-state index is 12.6. The number of amides is 2. The molecule has 0 saturated heterocycles. The first kappa shape index (κ1) is 23.2. The molecule has 0 fully saturated rings. The van der Waals surface area contributed by atoms with Gasteiger partial charge in [0.15, 0.2) is 0 Å². The maximum Gasteiger partial charge on any atom is 0.408 e. The molecule has 0 aliphatic carbocycles. The van der Waals surface area contributed by atoms with Gasteiger partial charge < -0.3 is 14.8 Å². The van der Waals surface area contributed by atoms with E-state index in [4.69, 9.17) is 14.3 Å². The summed E-state index contributed by atoms with van der Waals surface area (Å²) >= 11 is 0. The number of hydrogen-bond donors (Lipinski definition) is 1. The number of likely N-dealkylation sites (N-methyl/N-ethyl adjacent to an activating group) is 1. The largest absolute Gasteiger partial charge is 0.489 e. The Morgan fingerprint density at radius 2 is 1.63 bits per heavy atom. The van der Waals surface area contributed by atoms with Crippen LogP contribution in [0, 0.1) is 0 Å². The van der Waals surface area contributed by atoms with Crippen LogP contribution >= 0.6 is 0 Å². The van der Waals surface area contributed by atoms with E-state index in [1.165, 1.54) is 14.2 Å². The number of benzene rings is 2. The molecule has 0 heterocycles. The van der Waals surface area contributed by atoms with E-state index in [0.717, 1.165) is 21.9 Å². The number of alkyl carbamates (subject to hydrolysis) is 1. The number of carbonyl (C=O) groups excluding carboxylic acids is 2. The normalized spacial score (nSPS) is 12.0. The molecule has 0 bridgehead atoms. The van der Waals surface area contributed by atoms with Crippen molar-refractivity contribution in [2.75, 3.05) is 14.2 Å². The first-order valence-corrected chi connectivity index (χ1v) is 9.75. The van der Waals surface area contributed by atoms with Gasteiger partial charge in [-0.25, -0.2) is 9.86 Å². The van der Waals surface area contributed by atoms with Crippen molar-refractivity contribution in [2.24, 2.45) is 0 Å². The summed E-state index contributed by atoms with van der Waals surface area (Å²) in [6, 6.07) is 16.5. The summed E-state index contributed by atoms with van der Waals surface area (Å²) in [6.45, 7) is 5.76. The third kappa shape index (κ3) is 7.75. The monoisotopic (exact) mass is 414 g/mol. The van der Waals surface area contributed by atoms with Gasteiger partial charge in [-0.15, -0.1) is 0 Å². The molecular weight excluding hydrogens is 384 g/mol. The molecule has 0 unspecified atom stereocenters. The molecule has 0 aromatic heterocycles. The Balaban J connectivity index is 2.03. The van der Waals surface area contributed by atoms with E-state index in [2.05, 4.69) is 5.32 Å². The molecule has 1 atom stereocenters. The zero-order valence-electron chi connectivity index (χ0n) is 18.2. The number of rotatable bonds is 8. The first-order chi connectivity index (χ1) is 14.2. The zero-order chi connectivity index (χ0) is 22.1. The van der Waals surface area contributed by atoms with Crippen LogP contribution in [0.25, 0.3) is 0 Å². The summed E-state index contributed by atoms with van der Waals surface area (Å²) in [6.07, 6.45) is -0.377. The summed E-state index contributed by atoms with van der Waals surface area (Å²) in [5.74, 6) is 0.340. The van der Waals surface area contributed by atoms with Gasteiger partial charge >= 0.3 is 6.09 Å². The van der Waals surface area contributed by atoms with Crippen molar-refractivity contribution in [1.82, 2.24) is 10.4 Å². The van der Waals surface area contributed by atoms with E-state index in [-0.39, 0.29) is 12.3 Å². The van der Waals surface area contributed by atoms with Crippen molar-refractivity contribution in [2.45, 2.75) is 45.4 Å². The predicted octanol–water partition coefficient (Wildman–Crippen LogP) is 3.72. The average Bonchev–Trinajstić information content (AvgIpc) is 2.71. The van der Waals surface area contributed by atoms with Gasteiger partial charge in [-0.1, -0.05) is 42.5 Å². The molecule has 0 radical (unpaired) electrons. The molecule has 30 heavy (non-hydrogen) atoms. The minimum Gasteiger partial charge on any atom is -0.489 e. The highest BCUT2D eigenvalue weighted by atomic mass is 16.7. The number of nitrogens with zero attached hydrogens (tertiary/aromatic N) is 1. The van der Waals surface area contributed by atoms with E-state index >= 15 is 0 Å². The Morgan fingerprint density at radius 3 is 2.20 bits per heavy atom. The summed E-state index contributed by atoms with van der Waals surface area (Å²) in [5, 5.41) is 3.72. The lowest BCUT2D eigenvalue weighted by molar-refractivity contribution is -0.171. The van der Waals surface area contributed by atoms with Gasteiger partial charge in [-0.2, -0.15) is 0 Å². The van der Waals surface area contributed by atoms with Crippen molar-refractivity contribution in [3.05, 3.63) is 65.7 Å². The van der Waals surface area contributed by atoms with Crippen molar-refractivity contribution >= 4 is 12.0 Å². The van der Waals surface area contributed by atoms with Gasteiger partial charge in [0.1, 0.15) is 24.0 Å². The molecule has 0 spiro atoms. The summed E-state index contributed by atoms with van der Waals surface area (Å²) in [4.78, 5) is 29.8. The van der Waals surface area contributed by atoms with Gasteiger partial charge in [-0.05, 0) is 44.0 Å². The van der Waals surface area contributed by atoms with Crippen LogP contribution in [-0.2, 0) is 27.4 Å². The zero-order valence-corrected chi connectivity index (χ0v) is 18.2. The van der Waals surface area contributed by atoms with Crippen LogP contribution in [0.5, 0.6) is 5.75 Å². The molecule has 7 heteroatoms. The number of hydroxylamine groups is 2. The molecule has 0 aliphatic heterocycles. The van der Waals surface area contributed by atoms with Crippen LogP contribution in [0.4, 0.5) is 4.79 Å². The predicted molar refractivity (Wildman–Crippen MR) is 114 cm³/mol. The highest BCUT2D eigenvalue weighted by Crippen LogP contribution is 2.16. The number of carbonyl (C=O) groups is 2. The van der Waals surface area contributed by atoms with Gasteiger partial charge in [0.25, 0.3) is 5.91 Å². The molecule has 0 saturated carbocycles. The van der Waals surface area contributed by atoms with Gasteiger partial charge in [-0.3, -0.25) is 9.63 Å². The van der Waals surface area contributed by atoms with Gasteiger partial charge in [0.2, 0.25) is 0 Å². The fourth-order valence-corrected chi connectivity index (χ4v) is 2.66. The third-order valence-corrected chi connectivity index (χ3v) is 4.18. The Labute approximate surface area is 177 Å². The van der Waals surface area contributed by atoms with E-state index in [9.17, 15) is 9.59 Å². The smallest absolute Gasteiger partial charge is 0.408 e. The van der Waals surface area contributed by atoms with Crippen molar-refractivity contribution in [3.8, 4) is 5.75 Å². The second kappa shape index (κ2) is 10.6. The van der Waals surface area contributed by atoms with Gasteiger partial charge in [0, 0.05) is 13.5 Å². The second-order valence-electron chi connectivity index (χ2n) is 7.84. The number of nitrogens with one attached hydrogen (secondary N) is 1. The summed E-state index contributed by atoms with van der Waals surface area (Å²) in [7, 11) is 2.88. The van der Waals surface area contributed by atoms with E-state index in [1.807, 2.05) is 54.6 Å². The van der Waals surface area contributed by atoms with Crippen molar-refractivity contribution < 1.29 is 23.9 Å². The summed E-state index contributed by atoms with van der Waals surface area (Å²) in [5.41, 5.74) is 1.28. The molecule has 1 N–H and O–H groups in total. The quantitative estimate of drug-likeness (QED) is 0.666. The average molecular weight is 415 g/mol. The molecule has 2 aromatic carbocycles. The lowest BCUT2D eigenvalue weighted by atomic mass is 10.1. The lowest BCUT2D eigenvalue weighted by Crippen LogP contribution is -2.49. The van der Waals surface area contributed by atoms with E-state index in [1.54, 1.807) is 20.8 Å². The highest BCUT2D eigenvalue weighted by molar-refractivity contribution is 5.85. The van der Waals surface area contributed by atoms with Crippen LogP contribution in [0.2, 0.25) is 0 Å². The minimum atomic E-state index is -0.833. The van der Waals surface area contributed by atoms with Crippen molar-refractivity contribution in [3.63, 3.8) is 0 Å². The van der Waals surface area contributed by atoms with Crippen LogP contribution in [0.15, 0.2) is 54.6 Å². The second-order valence-corrected chi connectivity index (χ2v) is 7.84. The van der Waals surface area contributed by atoms with Gasteiger partial charge in [0.05, 0.1) is 7.11 Å². The fourth-order valence-electron chi connectivity index (χ4n) is 2.66. The molecule has 7 nitrogen and oxygen atoms in total. The van der Waals surface area contributed by atoms with E-state index in [0.29, 0.717) is 6.61 Å². The topological polar surface area (TPSA) is 77.1 Å². The molecule has 0 aliphatic rings. The Hall–Kier alpha value is -3.06. The van der Waals surface area contributed by atoms with Crippen LogP contribution in [0.3, 0.4) is 0 Å². The molecule has 2 rings (SSSR count). The minimum absolute atomic E-state index is 0.282. The molecular formula is C23H30N2O5. The SMILES string of the molecule is CON(C)C(=O)[C@@H](Cc1ccc(OCc2ccccc2)cc1)NC(=O)OC(C)(C)C. The van der Waals surface area contributed by atoms with Crippen LogP contribution < -0.4 is 10.1 Å². The maximum absolute atomic E-state index is 12.6. The summed E-state index contributed by atoms with van der Waals surface area (Å²) < 4.78 is 11.1. The molecule has 2 aromatic rings. The van der Waals surface area contributed by atoms with Crippen LogP contribution in [0.1, 0.15) is 31.9 Å². The third-order valence-electron chi connectivity index (χ3n) is 4.18.